The van der Waals surface area contributed by atoms with Crippen molar-refractivity contribution in [1.82, 2.24) is 0 Å². The highest BCUT2D eigenvalue weighted by Crippen LogP contribution is 2.36. The molecule has 1 aliphatic heterocycles. The van der Waals surface area contributed by atoms with Crippen LogP contribution in [0.3, 0.4) is 0 Å². The second-order valence-electron chi connectivity index (χ2n) is 3.93. The van der Waals surface area contributed by atoms with Gasteiger partial charge >= 0.3 is 0 Å². The molecule has 1 aromatic rings. The summed E-state index contributed by atoms with van der Waals surface area (Å²) in [5, 5.41) is 3.25. The second kappa shape index (κ2) is 3.18. The number of anilines is 1. The molecule has 1 heterocycles. The van der Waals surface area contributed by atoms with Gasteiger partial charge in [-0.1, -0.05) is 13.8 Å². The van der Waals surface area contributed by atoms with Crippen molar-refractivity contribution < 1.29 is 4.39 Å². The molecule has 0 atom stereocenters. The fraction of sp³-hybridized carbons (Fsp3) is 0.400. The fourth-order valence-corrected chi connectivity index (χ4v) is 1.64. The summed E-state index contributed by atoms with van der Waals surface area (Å²) in [5.74, 6) is -0.148. The number of nitrogens with one attached hydrogen (secondary N) is 1. The molecule has 1 N–H and O–H groups in total. The van der Waals surface area contributed by atoms with Gasteiger partial charge in [-0.2, -0.15) is 0 Å². The third kappa shape index (κ3) is 1.63. The van der Waals surface area contributed by atoms with Crippen molar-refractivity contribution in [3.8, 4) is 0 Å². The second-order valence-corrected chi connectivity index (χ2v) is 3.93. The number of rotatable bonds is 0. The zero-order valence-corrected chi connectivity index (χ0v) is 8.54. The molecule has 0 fully saturated rings. The van der Waals surface area contributed by atoms with Gasteiger partial charge < -0.3 is 5.32 Å². The van der Waals surface area contributed by atoms with Gasteiger partial charge in [-0.25, -0.2) is 4.39 Å². The summed E-state index contributed by atoms with van der Waals surface area (Å²) in [6, 6.07) is 4.92. The number of fused-ring (bicyclic) bond motifs is 1. The lowest BCUT2D eigenvalue weighted by molar-refractivity contribution is 0.573. The molecule has 0 amide bonds. The van der Waals surface area contributed by atoms with Gasteiger partial charge in [0.25, 0.3) is 0 Å². The molecule has 72 valence electrons. The summed E-state index contributed by atoms with van der Waals surface area (Å²) in [6.07, 6.45) is 0. The average Bonchev–Trinajstić information content (AvgIpc) is 2.28. The van der Waals surface area contributed by atoms with Gasteiger partial charge in [0, 0.05) is 17.6 Å². The molecule has 13 heavy (non-hydrogen) atoms. The van der Waals surface area contributed by atoms with Crippen molar-refractivity contribution in [3.63, 3.8) is 0 Å². The number of halogens is 2. The van der Waals surface area contributed by atoms with E-state index >= 15 is 0 Å². The molecule has 0 aromatic heterocycles. The summed E-state index contributed by atoms with van der Waals surface area (Å²) in [6.45, 7) is 5.13. The zero-order valence-electron chi connectivity index (χ0n) is 7.73. The first kappa shape index (κ1) is 10.3. The van der Waals surface area contributed by atoms with E-state index in [1.54, 1.807) is 12.1 Å². The van der Waals surface area contributed by atoms with E-state index in [4.69, 9.17) is 0 Å². The zero-order chi connectivity index (χ0) is 8.77. The molecule has 0 unspecified atom stereocenters. The van der Waals surface area contributed by atoms with Crippen LogP contribution in [0.4, 0.5) is 10.1 Å². The van der Waals surface area contributed by atoms with Gasteiger partial charge in [-0.15, -0.1) is 12.4 Å². The molecule has 0 radical (unpaired) electrons. The monoisotopic (exact) mass is 201 g/mol. The molecule has 3 heteroatoms. The Kier molecular flexibility index (Phi) is 2.53. The number of hydrogen-bond donors (Lipinski definition) is 1. The lowest BCUT2D eigenvalue weighted by Gasteiger charge is -2.16. The first-order valence-corrected chi connectivity index (χ1v) is 4.13. The summed E-state index contributed by atoms with van der Waals surface area (Å²) in [4.78, 5) is 0. The molecule has 0 saturated carbocycles. The van der Waals surface area contributed by atoms with Gasteiger partial charge in [-0.05, 0) is 23.8 Å². The van der Waals surface area contributed by atoms with Crippen LogP contribution in [0.15, 0.2) is 18.2 Å². The minimum absolute atomic E-state index is 0. The molecule has 0 bridgehead atoms. The smallest absolute Gasteiger partial charge is 0.123 e. The van der Waals surface area contributed by atoms with Crippen molar-refractivity contribution in [2.75, 3.05) is 11.9 Å². The number of hydrogen-bond acceptors (Lipinski definition) is 1. The highest BCUT2D eigenvalue weighted by Gasteiger charge is 2.29. The number of benzene rings is 1. The predicted octanol–water partition coefficient (Wildman–Crippen LogP) is 2.95. The first-order chi connectivity index (χ1) is 5.59. The van der Waals surface area contributed by atoms with Gasteiger partial charge in [0.15, 0.2) is 0 Å². The van der Waals surface area contributed by atoms with Crippen LogP contribution in [-0.4, -0.2) is 6.54 Å². The summed E-state index contributed by atoms with van der Waals surface area (Å²) in [5.41, 5.74) is 2.22. The SMILES string of the molecule is CC1(C)CNc2ccc(F)cc21.Cl. The highest BCUT2D eigenvalue weighted by atomic mass is 35.5. The lowest BCUT2D eigenvalue weighted by Crippen LogP contribution is -2.18. The topological polar surface area (TPSA) is 12.0 Å². The normalized spacial score (nSPS) is 17.2. The van der Waals surface area contributed by atoms with Crippen LogP contribution in [0.5, 0.6) is 0 Å². The molecule has 1 nitrogen and oxygen atoms in total. The van der Waals surface area contributed by atoms with E-state index < -0.39 is 0 Å². The maximum absolute atomic E-state index is 12.9. The Bertz CT molecular complexity index is 323. The van der Waals surface area contributed by atoms with E-state index in [1.165, 1.54) is 6.07 Å². The van der Waals surface area contributed by atoms with Gasteiger partial charge in [0.1, 0.15) is 5.82 Å². The quantitative estimate of drug-likeness (QED) is 0.681. The molecule has 0 spiro atoms. The van der Waals surface area contributed by atoms with E-state index in [0.717, 1.165) is 17.8 Å². The molecule has 0 saturated heterocycles. The molecule has 2 rings (SSSR count). The largest absolute Gasteiger partial charge is 0.384 e. The Hall–Kier alpha value is -0.760. The van der Waals surface area contributed by atoms with Crippen LogP contribution >= 0.6 is 12.4 Å². The van der Waals surface area contributed by atoms with E-state index in [9.17, 15) is 4.39 Å². The first-order valence-electron chi connectivity index (χ1n) is 4.13. The van der Waals surface area contributed by atoms with Crippen molar-refractivity contribution in [2.45, 2.75) is 19.3 Å². The predicted molar refractivity (Wildman–Crippen MR) is 55.2 cm³/mol. The van der Waals surface area contributed by atoms with Crippen LogP contribution in [0.25, 0.3) is 0 Å². The average molecular weight is 202 g/mol. The Labute approximate surface area is 83.8 Å². The minimum Gasteiger partial charge on any atom is -0.384 e. The molecule has 0 aliphatic carbocycles. The maximum atomic E-state index is 12.9. The highest BCUT2D eigenvalue weighted by molar-refractivity contribution is 5.85. The van der Waals surface area contributed by atoms with Crippen LogP contribution < -0.4 is 5.32 Å². The standard InChI is InChI=1S/C10H12FN.ClH/c1-10(2)6-12-9-4-3-7(11)5-8(9)10;/h3-5,12H,6H2,1-2H3;1H. The fourth-order valence-electron chi connectivity index (χ4n) is 1.64. The van der Waals surface area contributed by atoms with Gasteiger partial charge in [-0.3, -0.25) is 0 Å². The van der Waals surface area contributed by atoms with E-state index in [2.05, 4.69) is 19.2 Å². The van der Waals surface area contributed by atoms with E-state index in [0.29, 0.717) is 0 Å². The summed E-state index contributed by atoms with van der Waals surface area (Å²) in [7, 11) is 0. The Morgan fingerprint density at radius 2 is 2.08 bits per heavy atom. The minimum atomic E-state index is -0.148. The van der Waals surface area contributed by atoms with Crippen LogP contribution in [0.1, 0.15) is 19.4 Å². The van der Waals surface area contributed by atoms with Crippen molar-refractivity contribution in [3.05, 3.63) is 29.6 Å². The molecular weight excluding hydrogens is 189 g/mol. The third-order valence-corrected chi connectivity index (χ3v) is 2.43. The third-order valence-electron chi connectivity index (χ3n) is 2.43. The van der Waals surface area contributed by atoms with Gasteiger partial charge in [0.05, 0.1) is 0 Å². The van der Waals surface area contributed by atoms with Gasteiger partial charge in [0.2, 0.25) is 0 Å². The maximum Gasteiger partial charge on any atom is 0.123 e. The van der Waals surface area contributed by atoms with E-state index in [1.807, 2.05) is 0 Å². The van der Waals surface area contributed by atoms with E-state index in [-0.39, 0.29) is 23.6 Å². The van der Waals surface area contributed by atoms with Crippen LogP contribution in [0.2, 0.25) is 0 Å². The van der Waals surface area contributed by atoms with Crippen molar-refractivity contribution >= 4 is 18.1 Å². The lowest BCUT2D eigenvalue weighted by atomic mass is 9.87. The summed E-state index contributed by atoms with van der Waals surface area (Å²) < 4.78 is 12.9. The van der Waals surface area contributed by atoms with Crippen LogP contribution in [-0.2, 0) is 5.41 Å². The summed E-state index contributed by atoms with van der Waals surface area (Å²) >= 11 is 0. The van der Waals surface area contributed by atoms with Crippen LogP contribution in [0, 0.1) is 5.82 Å². The Morgan fingerprint density at radius 3 is 2.77 bits per heavy atom. The van der Waals surface area contributed by atoms with Crippen molar-refractivity contribution in [1.29, 1.82) is 0 Å². The van der Waals surface area contributed by atoms with Crippen molar-refractivity contribution in [2.24, 2.45) is 0 Å². The molecule has 1 aliphatic rings. The Morgan fingerprint density at radius 1 is 1.38 bits per heavy atom. The molecular formula is C10H13ClFN. The Balaban J connectivity index is 0.000000845. The molecule has 1 aromatic carbocycles.